The minimum Gasteiger partial charge on any atom is -0.335 e. The number of fused-ring (bicyclic) bond motifs is 1. The van der Waals surface area contributed by atoms with Gasteiger partial charge in [0.1, 0.15) is 0 Å². The van der Waals surface area contributed by atoms with Gasteiger partial charge >= 0.3 is 6.03 Å². The van der Waals surface area contributed by atoms with Crippen molar-refractivity contribution in [2.24, 2.45) is 0 Å². The molecule has 1 fully saturated rings. The molecule has 0 atom stereocenters. The Morgan fingerprint density at radius 3 is 2.67 bits per heavy atom. The number of hydrogen-bond donors (Lipinski definition) is 2. The number of nitrogens with one attached hydrogen (secondary N) is 2. The number of benzene rings is 2. The number of urea groups is 1. The molecule has 1 saturated carbocycles. The highest BCUT2D eigenvalue weighted by Crippen LogP contribution is 2.30. The zero-order valence-corrected chi connectivity index (χ0v) is 19.1. The summed E-state index contributed by atoms with van der Waals surface area (Å²) >= 11 is 3.40. The Bertz CT molecular complexity index is 1040. The van der Waals surface area contributed by atoms with Gasteiger partial charge in [0.05, 0.1) is 4.90 Å². The molecule has 0 unspecified atom stereocenters. The van der Waals surface area contributed by atoms with Crippen LogP contribution >= 0.6 is 15.9 Å². The van der Waals surface area contributed by atoms with Gasteiger partial charge in [-0.1, -0.05) is 47.3 Å². The van der Waals surface area contributed by atoms with Gasteiger partial charge in [-0.05, 0) is 60.7 Å². The molecule has 30 heavy (non-hydrogen) atoms. The summed E-state index contributed by atoms with van der Waals surface area (Å²) in [5.41, 5.74) is 2.56. The number of nitrogens with zero attached hydrogens (tertiary/aromatic N) is 1. The van der Waals surface area contributed by atoms with Gasteiger partial charge in [-0.15, -0.1) is 0 Å². The van der Waals surface area contributed by atoms with Crippen LogP contribution in [0, 0.1) is 0 Å². The Morgan fingerprint density at radius 2 is 1.90 bits per heavy atom. The van der Waals surface area contributed by atoms with Gasteiger partial charge in [-0.3, -0.25) is 4.90 Å². The molecule has 0 bridgehead atoms. The average Bonchev–Trinajstić information content (AvgIpc) is 3.17. The molecule has 2 aromatic carbocycles. The summed E-state index contributed by atoms with van der Waals surface area (Å²) in [7, 11) is -3.64. The molecule has 2 aliphatic rings. The molecule has 0 aromatic heterocycles. The predicted octanol–water partition coefficient (Wildman–Crippen LogP) is 4.33. The highest BCUT2D eigenvalue weighted by molar-refractivity contribution is 9.10. The van der Waals surface area contributed by atoms with Crippen molar-refractivity contribution in [3.63, 3.8) is 0 Å². The number of anilines is 1. The van der Waals surface area contributed by atoms with Crippen LogP contribution in [0.2, 0.25) is 0 Å². The van der Waals surface area contributed by atoms with Crippen molar-refractivity contribution in [1.82, 2.24) is 10.0 Å². The van der Waals surface area contributed by atoms with Gasteiger partial charge in [0.2, 0.25) is 10.0 Å². The van der Waals surface area contributed by atoms with Crippen LogP contribution < -0.4 is 14.9 Å². The summed E-state index contributed by atoms with van der Waals surface area (Å²) in [5, 5.41) is 3.14. The number of amides is 2. The lowest BCUT2D eigenvalue weighted by molar-refractivity contribution is 0.238. The summed E-state index contributed by atoms with van der Waals surface area (Å²) < 4.78 is 29.1. The fraction of sp³-hybridized carbons (Fsp3) is 0.409. The van der Waals surface area contributed by atoms with E-state index in [1.807, 2.05) is 24.3 Å². The fourth-order valence-corrected chi connectivity index (χ4v) is 5.68. The van der Waals surface area contributed by atoms with Crippen molar-refractivity contribution in [2.75, 3.05) is 11.4 Å². The molecule has 1 heterocycles. The van der Waals surface area contributed by atoms with Crippen molar-refractivity contribution < 1.29 is 13.2 Å². The first kappa shape index (κ1) is 21.3. The van der Waals surface area contributed by atoms with Gasteiger partial charge in [-0.2, -0.15) is 0 Å². The number of rotatable bonds is 5. The van der Waals surface area contributed by atoms with Gasteiger partial charge in [0.25, 0.3) is 0 Å². The summed E-state index contributed by atoms with van der Waals surface area (Å²) in [6.45, 7) is 0.789. The molecule has 1 aliphatic carbocycles. The number of hydrogen-bond acceptors (Lipinski definition) is 3. The third kappa shape index (κ3) is 4.87. The maximum absolute atomic E-state index is 12.8. The largest absolute Gasteiger partial charge is 0.335 e. The molecule has 2 aromatic rings. The molecule has 2 N–H and O–H groups in total. The van der Waals surface area contributed by atoms with Gasteiger partial charge in [-0.25, -0.2) is 17.9 Å². The molecule has 0 spiro atoms. The quantitative estimate of drug-likeness (QED) is 0.652. The van der Waals surface area contributed by atoms with E-state index in [1.54, 1.807) is 23.1 Å². The second-order valence-electron chi connectivity index (χ2n) is 7.93. The lowest BCUT2D eigenvalue weighted by Gasteiger charge is -2.26. The second-order valence-corrected chi connectivity index (χ2v) is 10.6. The van der Waals surface area contributed by atoms with Crippen molar-refractivity contribution in [1.29, 1.82) is 0 Å². The average molecular weight is 492 g/mol. The zero-order valence-electron chi connectivity index (χ0n) is 16.7. The third-order valence-electron chi connectivity index (χ3n) is 5.79. The molecule has 1 aliphatic heterocycles. The smallest absolute Gasteiger partial charge is 0.322 e. The van der Waals surface area contributed by atoms with Crippen LogP contribution in [-0.4, -0.2) is 27.0 Å². The van der Waals surface area contributed by atoms with E-state index in [9.17, 15) is 13.2 Å². The third-order valence-corrected chi connectivity index (χ3v) is 7.68. The van der Waals surface area contributed by atoms with Crippen molar-refractivity contribution in [3.05, 3.63) is 58.1 Å². The maximum atomic E-state index is 12.8. The minimum absolute atomic E-state index is 0.0796. The molecule has 0 saturated heterocycles. The second kappa shape index (κ2) is 9.08. The van der Waals surface area contributed by atoms with E-state index in [4.69, 9.17) is 0 Å². The van der Waals surface area contributed by atoms with Crippen LogP contribution in [0.15, 0.2) is 51.8 Å². The van der Waals surface area contributed by atoms with Crippen molar-refractivity contribution >= 4 is 37.7 Å². The maximum Gasteiger partial charge on any atom is 0.322 e. The molecule has 6 nitrogen and oxygen atoms in total. The van der Waals surface area contributed by atoms with Crippen molar-refractivity contribution in [3.8, 4) is 0 Å². The van der Waals surface area contributed by atoms with Crippen LogP contribution in [0.3, 0.4) is 0 Å². The van der Waals surface area contributed by atoms with E-state index in [2.05, 4.69) is 26.0 Å². The summed E-state index contributed by atoms with van der Waals surface area (Å²) in [6, 6.07) is 12.7. The first-order chi connectivity index (χ1) is 14.4. The summed E-state index contributed by atoms with van der Waals surface area (Å²) in [5.74, 6) is 0. The number of sulfonamides is 1. The highest BCUT2D eigenvalue weighted by Gasteiger charge is 2.28. The van der Waals surface area contributed by atoms with Crippen LogP contribution in [-0.2, 0) is 23.0 Å². The summed E-state index contributed by atoms with van der Waals surface area (Å²) in [4.78, 5) is 14.7. The van der Waals surface area contributed by atoms with Crippen molar-refractivity contribution in [2.45, 2.75) is 56.0 Å². The van der Waals surface area contributed by atoms with E-state index >= 15 is 0 Å². The lowest BCUT2D eigenvalue weighted by Crippen LogP contribution is -2.45. The van der Waals surface area contributed by atoms with Crippen LogP contribution in [0.4, 0.5) is 10.5 Å². The number of halogens is 1. The topological polar surface area (TPSA) is 78.5 Å². The molecule has 0 radical (unpaired) electrons. The van der Waals surface area contributed by atoms with E-state index < -0.39 is 10.0 Å². The van der Waals surface area contributed by atoms with Gasteiger partial charge in [0.15, 0.2) is 0 Å². The fourth-order valence-electron chi connectivity index (χ4n) is 4.16. The molecule has 160 valence electrons. The molecular formula is C22H26BrN3O3S. The standard InChI is InChI=1S/C22H26BrN3O3S/c23-18-6-4-5-16(13-18)15-24-30(28,29)20-9-10-21-17(14-20)11-12-26(21)22(27)25-19-7-2-1-3-8-19/h4-6,9-10,13-14,19,24H,1-3,7-8,11-12,15H2,(H,25,27). The Morgan fingerprint density at radius 1 is 1.10 bits per heavy atom. The zero-order chi connectivity index (χ0) is 21.1. The highest BCUT2D eigenvalue weighted by atomic mass is 79.9. The lowest BCUT2D eigenvalue weighted by atomic mass is 9.96. The summed E-state index contributed by atoms with van der Waals surface area (Å²) in [6.07, 6.45) is 6.29. The van der Waals surface area contributed by atoms with Gasteiger partial charge < -0.3 is 5.32 Å². The number of carbonyl (C=O) groups excluding carboxylic acids is 1. The monoisotopic (exact) mass is 491 g/mol. The Kier molecular flexibility index (Phi) is 6.46. The Labute approximate surface area is 186 Å². The first-order valence-electron chi connectivity index (χ1n) is 10.4. The first-order valence-corrected chi connectivity index (χ1v) is 12.6. The molecular weight excluding hydrogens is 466 g/mol. The normalized spacial score (nSPS) is 17.0. The van der Waals surface area contributed by atoms with E-state index in [1.165, 1.54) is 6.42 Å². The Hall–Kier alpha value is -1.90. The van der Waals surface area contributed by atoms with E-state index in [0.29, 0.717) is 13.0 Å². The minimum atomic E-state index is -3.64. The molecule has 2 amide bonds. The van der Waals surface area contributed by atoms with Crippen LogP contribution in [0.1, 0.15) is 43.2 Å². The van der Waals surface area contributed by atoms with Gasteiger partial charge in [0, 0.05) is 29.3 Å². The van der Waals surface area contributed by atoms with Crippen LogP contribution in [0.25, 0.3) is 0 Å². The number of carbonyl (C=O) groups is 1. The SMILES string of the molecule is O=C(NC1CCCCC1)N1CCc2cc(S(=O)(=O)NCc3cccc(Br)c3)ccc21. The van der Waals surface area contributed by atoms with E-state index in [0.717, 1.165) is 47.0 Å². The molecule has 4 rings (SSSR count). The van der Waals surface area contributed by atoms with Crippen LogP contribution in [0.5, 0.6) is 0 Å². The predicted molar refractivity (Wildman–Crippen MR) is 121 cm³/mol. The van der Waals surface area contributed by atoms with E-state index in [-0.39, 0.29) is 23.5 Å². The Balaban J connectivity index is 1.44. The molecule has 8 heteroatoms.